The van der Waals surface area contributed by atoms with Gasteiger partial charge in [-0.15, -0.1) is 0 Å². The van der Waals surface area contributed by atoms with E-state index in [2.05, 4.69) is 36.1 Å². The van der Waals surface area contributed by atoms with Crippen LogP contribution in [0.1, 0.15) is 37.3 Å². The molecule has 1 fully saturated rings. The summed E-state index contributed by atoms with van der Waals surface area (Å²) in [6, 6.07) is 8.89. The Morgan fingerprint density at radius 3 is 2.61 bits per heavy atom. The molecule has 0 bridgehead atoms. The number of thioether (sulfide) groups is 1. The zero-order valence-electron chi connectivity index (χ0n) is 11.1. The van der Waals surface area contributed by atoms with Crippen molar-refractivity contribution < 1.29 is 5.11 Å². The number of nitrogens with one attached hydrogen (secondary N) is 1. The number of benzene rings is 1. The van der Waals surface area contributed by atoms with Gasteiger partial charge in [-0.2, -0.15) is 11.8 Å². The second kappa shape index (κ2) is 7.17. The van der Waals surface area contributed by atoms with Crippen molar-refractivity contribution in [2.75, 3.05) is 5.75 Å². The van der Waals surface area contributed by atoms with Gasteiger partial charge in [0.05, 0.1) is 6.61 Å². The van der Waals surface area contributed by atoms with Crippen molar-refractivity contribution >= 4 is 11.8 Å². The molecule has 0 amide bonds. The van der Waals surface area contributed by atoms with Crippen LogP contribution < -0.4 is 5.32 Å². The highest BCUT2D eigenvalue weighted by Crippen LogP contribution is 2.30. The standard InChI is InChI=1S/C15H23NOS/c1-2-18-15-5-3-4-14(15)16-10-12-6-8-13(11-17)9-7-12/h6-9,14-17H,2-5,10-11H2,1H3/t14-,15+/m1/s1. The lowest BCUT2D eigenvalue weighted by Crippen LogP contribution is -2.33. The van der Waals surface area contributed by atoms with E-state index in [1.165, 1.54) is 30.6 Å². The summed E-state index contributed by atoms with van der Waals surface area (Å²) in [7, 11) is 0. The molecule has 0 aromatic heterocycles. The number of aliphatic hydroxyl groups excluding tert-OH is 1. The predicted octanol–water partition coefficient (Wildman–Crippen LogP) is 2.94. The molecule has 1 aromatic rings. The molecule has 1 saturated carbocycles. The number of hydrogen-bond donors (Lipinski definition) is 2. The lowest BCUT2D eigenvalue weighted by Gasteiger charge is -2.20. The summed E-state index contributed by atoms with van der Waals surface area (Å²) in [6.45, 7) is 3.32. The van der Waals surface area contributed by atoms with Crippen molar-refractivity contribution in [1.82, 2.24) is 5.32 Å². The third-order valence-corrected chi connectivity index (χ3v) is 4.93. The number of hydrogen-bond acceptors (Lipinski definition) is 3. The van der Waals surface area contributed by atoms with Crippen LogP contribution in [-0.2, 0) is 13.2 Å². The normalized spacial score (nSPS) is 23.4. The predicted molar refractivity (Wildman–Crippen MR) is 78.8 cm³/mol. The van der Waals surface area contributed by atoms with Gasteiger partial charge in [0, 0.05) is 17.8 Å². The van der Waals surface area contributed by atoms with Gasteiger partial charge in [-0.25, -0.2) is 0 Å². The topological polar surface area (TPSA) is 32.3 Å². The minimum atomic E-state index is 0.131. The molecule has 1 aliphatic carbocycles. The largest absolute Gasteiger partial charge is 0.392 e. The van der Waals surface area contributed by atoms with Gasteiger partial charge in [-0.1, -0.05) is 37.6 Å². The highest BCUT2D eigenvalue weighted by Gasteiger charge is 2.26. The van der Waals surface area contributed by atoms with E-state index in [1.54, 1.807) is 0 Å². The van der Waals surface area contributed by atoms with Crippen LogP contribution in [0.3, 0.4) is 0 Å². The summed E-state index contributed by atoms with van der Waals surface area (Å²) < 4.78 is 0. The van der Waals surface area contributed by atoms with E-state index in [0.29, 0.717) is 6.04 Å². The van der Waals surface area contributed by atoms with Crippen LogP contribution in [0.2, 0.25) is 0 Å². The van der Waals surface area contributed by atoms with Crippen molar-refractivity contribution in [3.8, 4) is 0 Å². The van der Waals surface area contributed by atoms with Gasteiger partial charge in [0.1, 0.15) is 0 Å². The Kier molecular flexibility index (Phi) is 5.54. The maximum Gasteiger partial charge on any atom is 0.0681 e. The van der Waals surface area contributed by atoms with Gasteiger partial charge >= 0.3 is 0 Å². The van der Waals surface area contributed by atoms with Gasteiger partial charge in [-0.05, 0) is 29.7 Å². The first-order valence-corrected chi connectivity index (χ1v) is 7.92. The Morgan fingerprint density at radius 1 is 1.22 bits per heavy atom. The zero-order valence-corrected chi connectivity index (χ0v) is 11.9. The monoisotopic (exact) mass is 265 g/mol. The molecule has 0 radical (unpaired) electrons. The maximum atomic E-state index is 9.01. The van der Waals surface area contributed by atoms with Gasteiger partial charge in [0.15, 0.2) is 0 Å². The van der Waals surface area contributed by atoms with Crippen LogP contribution in [0, 0.1) is 0 Å². The quantitative estimate of drug-likeness (QED) is 0.829. The highest BCUT2D eigenvalue weighted by atomic mass is 32.2. The Morgan fingerprint density at radius 2 is 1.94 bits per heavy atom. The molecule has 100 valence electrons. The molecular formula is C15H23NOS. The molecule has 2 N–H and O–H groups in total. The maximum absolute atomic E-state index is 9.01. The van der Waals surface area contributed by atoms with Gasteiger partial charge in [0.25, 0.3) is 0 Å². The molecule has 1 aliphatic rings. The summed E-state index contributed by atoms with van der Waals surface area (Å²) in [5.74, 6) is 1.22. The van der Waals surface area contributed by atoms with Crippen molar-refractivity contribution in [2.45, 2.75) is 50.6 Å². The fourth-order valence-electron chi connectivity index (χ4n) is 2.58. The Balaban J connectivity index is 1.82. The molecule has 3 heteroatoms. The van der Waals surface area contributed by atoms with Crippen molar-refractivity contribution in [3.63, 3.8) is 0 Å². The van der Waals surface area contributed by atoms with E-state index in [1.807, 2.05) is 12.1 Å². The van der Waals surface area contributed by atoms with E-state index in [4.69, 9.17) is 5.11 Å². The van der Waals surface area contributed by atoms with Crippen LogP contribution in [0.25, 0.3) is 0 Å². The van der Waals surface area contributed by atoms with Crippen molar-refractivity contribution in [1.29, 1.82) is 0 Å². The fraction of sp³-hybridized carbons (Fsp3) is 0.600. The molecular weight excluding hydrogens is 242 g/mol. The smallest absolute Gasteiger partial charge is 0.0681 e. The molecule has 18 heavy (non-hydrogen) atoms. The van der Waals surface area contributed by atoms with Crippen LogP contribution in [0.5, 0.6) is 0 Å². The zero-order chi connectivity index (χ0) is 12.8. The van der Waals surface area contributed by atoms with E-state index < -0.39 is 0 Å². The summed E-state index contributed by atoms with van der Waals surface area (Å²) in [5, 5.41) is 13.5. The first-order chi connectivity index (χ1) is 8.83. The SMILES string of the molecule is CCS[C@H]1CCC[C@H]1NCc1ccc(CO)cc1. The van der Waals surface area contributed by atoms with E-state index in [-0.39, 0.29) is 6.61 Å². The molecule has 0 saturated heterocycles. The minimum Gasteiger partial charge on any atom is -0.392 e. The molecule has 0 heterocycles. The average Bonchev–Trinajstić information content (AvgIpc) is 2.85. The van der Waals surface area contributed by atoms with Gasteiger partial charge in [-0.3, -0.25) is 0 Å². The fourth-order valence-corrected chi connectivity index (χ4v) is 3.81. The first kappa shape index (κ1) is 13.9. The molecule has 2 rings (SSSR count). The Hall–Kier alpha value is -0.510. The number of rotatable bonds is 6. The van der Waals surface area contributed by atoms with Crippen LogP contribution in [0.4, 0.5) is 0 Å². The molecule has 2 nitrogen and oxygen atoms in total. The van der Waals surface area contributed by atoms with Gasteiger partial charge < -0.3 is 10.4 Å². The van der Waals surface area contributed by atoms with Crippen LogP contribution in [-0.4, -0.2) is 22.2 Å². The summed E-state index contributed by atoms with van der Waals surface area (Å²) in [5.41, 5.74) is 2.29. The molecule has 0 spiro atoms. The lowest BCUT2D eigenvalue weighted by molar-refractivity contribution is 0.282. The van der Waals surface area contributed by atoms with Crippen molar-refractivity contribution in [3.05, 3.63) is 35.4 Å². The second-order valence-corrected chi connectivity index (χ2v) is 6.40. The van der Waals surface area contributed by atoms with Crippen LogP contribution >= 0.6 is 11.8 Å². The Labute approximate surface area is 114 Å². The summed E-state index contributed by atoms with van der Waals surface area (Å²) in [6.07, 6.45) is 4.03. The average molecular weight is 265 g/mol. The van der Waals surface area contributed by atoms with E-state index >= 15 is 0 Å². The Bertz CT molecular complexity index is 352. The van der Waals surface area contributed by atoms with Gasteiger partial charge in [0.2, 0.25) is 0 Å². The molecule has 0 unspecified atom stereocenters. The van der Waals surface area contributed by atoms with Crippen LogP contribution in [0.15, 0.2) is 24.3 Å². The van der Waals surface area contributed by atoms with E-state index in [0.717, 1.165) is 17.4 Å². The van der Waals surface area contributed by atoms with Crippen molar-refractivity contribution in [2.24, 2.45) is 0 Å². The first-order valence-electron chi connectivity index (χ1n) is 6.87. The second-order valence-electron chi connectivity index (χ2n) is 4.89. The minimum absolute atomic E-state index is 0.131. The summed E-state index contributed by atoms with van der Waals surface area (Å²) in [4.78, 5) is 0. The third kappa shape index (κ3) is 3.74. The molecule has 0 aliphatic heterocycles. The number of aliphatic hydroxyl groups is 1. The highest BCUT2D eigenvalue weighted by molar-refractivity contribution is 7.99. The molecule has 1 aromatic carbocycles. The lowest BCUT2D eigenvalue weighted by atomic mass is 10.1. The van der Waals surface area contributed by atoms with E-state index in [9.17, 15) is 0 Å². The molecule has 2 atom stereocenters. The third-order valence-electron chi connectivity index (χ3n) is 3.61. The summed E-state index contributed by atoms with van der Waals surface area (Å²) >= 11 is 2.09.